The minimum Gasteiger partial charge on any atom is -0.467 e. The van der Waals surface area contributed by atoms with Gasteiger partial charge in [-0.2, -0.15) is 16.9 Å². The van der Waals surface area contributed by atoms with Crippen LogP contribution in [-0.2, 0) is 33.6 Å². The lowest BCUT2D eigenvalue weighted by Gasteiger charge is -2.25. The Kier molecular flexibility index (Phi) is 12.3. The fourth-order valence-electron chi connectivity index (χ4n) is 1.35. The van der Waals surface area contributed by atoms with E-state index in [0.29, 0.717) is 17.2 Å². The standard InChI is InChI=1S/C10H18N6O7S2/c11-15-6(9(19)22-13)3-8(18)16(12)7(10(20)23-14)4-25-24-2-1-21-5-17/h5-7,11H,1-4,12-14H2/t6-,7-/m0/s1. The Hall–Kier alpha value is -1.94. The highest BCUT2D eigenvalue weighted by atomic mass is 33.1. The van der Waals surface area contributed by atoms with E-state index in [2.05, 4.69) is 25.4 Å². The molecule has 0 rings (SSSR count). The molecule has 0 saturated carbocycles. The summed E-state index contributed by atoms with van der Waals surface area (Å²) in [7, 11) is 2.41. The Morgan fingerprint density at radius 2 is 1.84 bits per heavy atom. The summed E-state index contributed by atoms with van der Waals surface area (Å²) in [4.78, 5) is 53.0. The normalized spacial score (nSPS) is 12.4. The van der Waals surface area contributed by atoms with Crippen molar-refractivity contribution in [3.8, 4) is 0 Å². The largest absolute Gasteiger partial charge is 0.467 e. The van der Waals surface area contributed by atoms with Crippen LogP contribution in [-0.4, -0.2) is 59.5 Å². The van der Waals surface area contributed by atoms with Gasteiger partial charge in [-0.15, -0.1) is 0 Å². The summed E-state index contributed by atoms with van der Waals surface area (Å²) in [6.07, 6.45) is -0.630. The second-order valence-corrected chi connectivity index (χ2v) is 6.74. The van der Waals surface area contributed by atoms with Crippen LogP contribution in [0.25, 0.3) is 0 Å². The molecule has 0 aliphatic rings. The van der Waals surface area contributed by atoms with E-state index >= 15 is 0 Å². The monoisotopic (exact) mass is 398 g/mol. The van der Waals surface area contributed by atoms with Crippen LogP contribution in [0.5, 0.6) is 0 Å². The zero-order valence-electron chi connectivity index (χ0n) is 12.9. The quantitative estimate of drug-likeness (QED) is 0.0516. The molecule has 142 valence electrons. The Balaban J connectivity index is 4.70. The summed E-state index contributed by atoms with van der Waals surface area (Å²) < 4.78 is 4.49. The molecular formula is C10H18N6O7S2. The maximum atomic E-state index is 12.1. The summed E-state index contributed by atoms with van der Waals surface area (Å²) in [5.41, 5.74) is 6.85. The van der Waals surface area contributed by atoms with Crippen molar-refractivity contribution in [2.45, 2.75) is 18.5 Å². The smallest absolute Gasteiger partial charge is 0.351 e. The van der Waals surface area contributed by atoms with E-state index in [4.69, 9.17) is 17.3 Å². The lowest BCUT2D eigenvalue weighted by atomic mass is 10.2. The molecule has 13 nitrogen and oxygen atoms in total. The average Bonchev–Trinajstić information content (AvgIpc) is 2.63. The molecule has 0 aromatic heterocycles. The third-order valence-electron chi connectivity index (χ3n) is 2.59. The summed E-state index contributed by atoms with van der Waals surface area (Å²) in [6, 6.07) is -2.73. The van der Waals surface area contributed by atoms with Crippen LogP contribution < -0.4 is 17.6 Å². The van der Waals surface area contributed by atoms with Crippen molar-refractivity contribution in [3.05, 3.63) is 0 Å². The van der Waals surface area contributed by atoms with Gasteiger partial charge < -0.3 is 14.4 Å². The average molecular weight is 398 g/mol. The molecule has 1 amide bonds. The van der Waals surface area contributed by atoms with Crippen LogP contribution in [0.4, 0.5) is 0 Å². The first kappa shape index (κ1) is 23.1. The molecule has 0 fully saturated rings. The van der Waals surface area contributed by atoms with Crippen molar-refractivity contribution in [1.82, 2.24) is 5.01 Å². The third kappa shape index (κ3) is 8.64. The lowest BCUT2D eigenvalue weighted by molar-refractivity contribution is -0.156. The van der Waals surface area contributed by atoms with Crippen molar-refractivity contribution in [1.29, 1.82) is 5.53 Å². The van der Waals surface area contributed by atoms with E-state index in [-0.39, 0.29) is 12.4 Å². The van der Waals surface area contributed by atoms with Crippen LogP contribution >= 0.6 is 21.6 Å². The Morgan fingerprint density at radius 3 is 2.36 bits per heavy atom. The summed E-state index contributed by atoms with van der Waals surface area (Å²) in [5.74, 6) is 12.6. The van der Waals surface area contributed by atoms with E-state index in [1.807, 2.05) is 0 Å². The van der Waals surface area contributed by atoms with E-state index in [1.165, 1.54) is 10.8 Å². The summed E-state index contributed by atoms with van der Waals surface area (Å²) >= 11 is 0. The third-order valence-corrected chi connectivity index (χ3v) is 4.95. The minimum atomic E-state index is -1.49. The molecule has 0 radical (unpaired) electrons. The Labute approximate surface area is 150 Å². The van der Waals surface area contributed by atoms with Gasteiger partial charge in [-0.3, -0.25) is 14.6 Å². The fraction of sp³-hybridized carbons (Fsp3) is 0.600. The molecular weight excluding hydrogens is 380 g/mol. The molecule has 15 heteroatoms. The number of hydrogen-bond acceptors (Lipinski definition) is 14. The molecule has 25 heavy (non-hydrogen) atoms. The number of nitrogens with two attached hydrogens (primary N) is 3. The predicted molar refractivity (Wildman–Crippen MR) is 85.9 cm³/mol. The molecule has 0 spiro atoms. The topological polar surface area (TPSA) is 213 Å². The lowest BCUT2D eigenvalue weighted by Crippen LogP contribution is -2.53. The van der Waals surface area contributed by atoms with Crippen LogP contribution in [0, 0.1) is 5.53 Å². The molecule has 2 atom stereocenters. The highest BCUT2D eigenvalue weighted by Crippen LogP contribution is 2.23. The number of carbonyl (C=O) groups excluding carboxylic acids is 4. The predicted octanol–water partition coefficient (Wildman–Crippen LogP) is -1.76. The molecule has 0 aromatic rings. The zero-order chi connectivity index (χ0) is 19.2. The first-order valence-corrected chi connectivity index (χ1v) is 8.95. The van der Waals surface area contributed by atoms with Crippen LogP contribution in [0.3, 0.4) is 0 Å². The Morgan fingerprint density at radius 1 is 1.20 bits per heavy atom. The van der Waals surface area contributed by atoms with Gasteiger partial charge >= 0.3 is 11.9 Å². The highest BCUT2D eigenvalue weighted by molar-refractivity contribution is 8.76. The van der Waals surface area contributed by atoms with Gasteiger partial charge in [-0.1, -0.05) is 21.6 Å². The number of amides is 1. The van der Waals surface area contributed by atoms with Gasteiger partial charge in [0.2, 0.25) is 5.91 Å². The van der Waals surface area contributed by atoms with Crippen molar-refractivity contribution in [2.24, 2.45) is 22.8 Å². The molecule has 0 bridgehead atoms. The first-order valence-electron chi connectivity index (χ1n) is 6.47. The number of ether oxygens (including phenoxy) is 1. The number of hydrogen-bond donors (Lipinski definition) is 4. The zero-order valence-corrected chi connectivity index (χ0v) is 14.5. The molecule has 0 aliphatic heterocycles. The second-order valence-electron chi connectivity index (χ2n) is 4.11. The van der Waals surface area contributed by atoms with E-state index in [9.17, 15) is 19.2 Å². The first-order chi connectivity index (χ1) is 11.9. The number of hydrazine groups is 1. The molecule has 0 saturated heterocycles. The van der Waals surface area contributed by atoms with Gasteiger partial charge in [0.1, 0.15) is 6.61 Å². The SMILES string of the molecule is N=N[C@@H](CC(=O)N(N)[C@@H](CSSCCOC=O)C(=O)ON)C(=O)ON. The maximum Gasteiger partial charge on any atom is 0.351 e. The number of rotatable bonds is 13. The van der Waals surface area contributed by atoms with Gasteiger partial charge in [-0.25, -0.2) is 21.0 Å². The summed E-state index contributed by atoms with van der Waals surface area (Å²) in [6.45, 7) is 0.479. The second kappa shape index (κ2) is 13.4. The van der Waals surface area contributed by atoms with E-state index in [1.54, 1.807) is 0 Å². The van der Waals surface area contributed by atoms with Crippen molar-refractivity contribution >= 4 is 45.9 Å². The summed E-state index contributed by atoms with van der Waals surface area (Å²) in [5, 5.41) is 3.44. The number of carbonyl (C=O) groups is 4. The van der Waals surface area contributed by atoms with E-state index in [0.717, 1.165) is 10.8 Å². The molecule has 0 aliphatic carbocycles. The minimum absolute atomic E-state index is 0.00799. The van der Waals surface area contributed by atoms with Crippen LogP contribution in [0.15, 0.2) is 5.11 Å². The highest BCUT2D eigenvalue weighted by Gasteiger charge is 2.32. The van der Waals surface area contributed by atoms with Gasteiger partial charge in [0, 0.05) is 11.5 Å². The fourth-order valence-corrected chi connectivity index (χ4v) is 3.38. The van der Waals surface area contributed by atoms with E-state index < -0.39 is 36.4 Å². The van der Waals surface area contributed by atoms with Crippen LogP contribution in [0.1, 0.15) is 6.42 Å². The van der Waals surface area contributed by atoms with Gasteiger partial charge in [0.25, 0.3) is 6.47 Å². The Bertz CT molecular complexity index is 483. The molecule has 0 aromatic carbocycles. The van der Waals surface area contributed by atoms with Gasteiger partial charge in [0.15, 0.2) is 12.1 Å². The number of nitrogens with zero attached hydrogens (tertiary/aromatic N) is 2. The molecule has 7 N–H and O–H groups in total. The van der Waals surface area contributed by atoms with Crippen molar-refractivity contribution in [2.75, 3.05) is 18.1 Å². The van der Waals surface area contributed by atoms with Crippen molar-refractivity contribution < 1.29 is 33.6 Å². The van der Waals surface area contributed by atoms with Crippen molar-refractivity contribution in [3.63, 3.8) is 0 Å². The maximum absolute atomic E-state index is 12.1. The van der Waals surface area contributed by atoms with Gasteiger partial charge in [0.05, 0.1) is 6.42 Å². The molecule has 0 heterocycles. The van der Waals surface area contributed by atoms with Gasteiger partial charge in [-0.05, 0) is 0 Å². The van der Waals surface area contributed by atoms with Crippen LogP contribution in [0.2, 0.25) is 0 Å². The molecule has 0 unspecified atom stereocenters. The number of nitrogens with one attached hydrogen (secondary N) is 1.